The van der Waals surface area contributed by atoms with Gasteiger partial charge in [-0.05, 0) is 35.0 Å². The maximum absolute atomic E-state index is 5.57. The fourth-order valence-corrected chi connectivity index (χ4v) is 2.45. The van der Waals surface area contributed by atoms with Crippen LogP contribution in [-0.2, 0) is 4.74 Å². The number of thiophene rings is 1. The summed E-state index contributed by atoms with van der Waals surface area (Å²) < 4.78 is 6.58. The van der Waals surface area contributed by atoms with Gasteiger partial charge in [0, 0.05) is 18.0 Å². The number of hydrogen-bond acceptors (Lipinski definition) is 3. The zero-order valence-electron chi connectivity index (χ0n) is 6.92. The van der Waals surface area contributed by atoms with E-state index in [4.69, 9.17) is 10.5 Å². The molecule has 0 saturated carbocycles. The molecule has 0 aliphatic heterocycles. The first-order chi connectivity index (χ1) is 5.77. The highest BCUT2D eigenvalue weighted by molar-refractivity contribution is 9.11. The van der Waals surface area contributed by atoms with Crippen molar-refractivity contribution in [1.29, 1.82) is 0 Å². The van der Waals surface area contributed by atoms with Gasteiger partial charge in [-0.25, -0.2) is 0 Å². The lowest BCUT2D eigenvalue weighted by Gasteiger charge is -2.11. The topological polar surface area (TPSA) is 35.2 Å². The second-order valence-corrected chi connectivity index (χ2v) is 4.82. The molecule has 1 heterocycles. The normalized spacial score (nSPS) is 13.2. The van der Waals surface area contributed by atoms with Crippen molar-refractivity contribution < 1.29 is 4.74 Å². The predicted molar refractivity (Wildman–Crippen MR) is 55.4 cm³/mol. The molecule has 0 saturated heterocycles. The van der Waals surface area contributed by atoms with Gasteiger partial charge in [0.15, 0.2) is 0 Å². The number of hydrogen-bond donors (Lipinski definition) is 1. The molecule has 1 atom stereocenters. The molecule has 1 aromatic rings. The number of halogens is 1. The Morgan fingerprint density at radius 1 is 1.67 bits per heavy atom. The van der Waals surface area contributed by atoms with E-state index in [1.165, 1.54) is 4.88 Å². The van der Waals surface area contributed by atoms with Crippen LogP contribution in [0.1, 0.15) is 17.9 Å². The van der Waals surface area contributed by atoms with Gasteiger partial charge in [0.2, 0.25) is 0 Å². The van der Waals surface area contributed by atoms with Gasteiger partial charge in [0.25, 0.3) is 0 Å². The summed E-state index contributed by atoms with van der Waals surface area (Å²) >= 11 is 5.07. The monoisotopic (exact) mass is 249 g/mol. The summed E-state index contributed by atoms with van der Waals surface area (Å²) in [6, 6.07) is 4.06. The lowest BCUT2D eigenvalue weighted by molar-refractivity contribution is 0.0714. The SMILES string of the molecule is CCOC(CN)c1ccc(Br)s1. The fraction of sp³-hybridized carbons (Fsp3) is 0.500. The Bertz CT molecular complexity index is 239. The third-order valence-electron chi connectivity index (χ3n) is 1.49. The Morgan fingerprint density at radius 3 is 2.83 bits per heavy atom. The van der Waals surface area contributed by atoms with Crippen molar-refractivity contribution in [2.24, 2.45) is 5.73 Å². The molecular formula is C8H12BrNOS. The van der Waals surface area contributed by atoms with E-state index in [-0.39, 0.29) is 6.10 Å². The molecule has 0 fully saturated rings. The zero-order valence-corrected chi connectivity index (χ0v) is 9.32. The van der Waals surface area contributed by atoms with Crippen molar-refractivity contribution in [2.75, 3.05) is 13.2 Å². The lowest BCUT2D eigenvalue weighted by Crippen LogP contribution is -2.14. The lowest BCUT2D eigenvalue weighted by atomic mass is 10.3. The molecule has 2 N–H and O–H groups in total. The maximum Gasteiger partial charge on any atom is 0.104 e. The minimum Gasteiger partial charge on any atom is -0.372 e. The van der Waals surface area contributed by atoms with Crippen LogP contribution in [0.15, 0.2) is 15.9 Å². The van der Waals surface area contributed by atoms with Crippen LogP contribution in [0.3, 0.4) is 0 Å². The highest BCUT2D eigenvalue weighted by Gasteiger charge is 2.10. The average molecular weight is 250 g/mol. The van der Waals surface area contributed by atoms with E-state index in [9.17, 15) is 0 Å². The average Bonchev–Trinajstić information content (AvgIpc) is 2.47. The minimum absolute atomic E-state index is 0.0614. The molecule has 0 radical (unpaired) electrons. The Balaban J connectivity index is 2.66. The molecular weight excluding hydrogens is 238 g/mol. The van der Waals surface area contributed by atoms with Crippen LogP contribution in [0.4, 0.5) is 0 Å². The summed E-state index contributed by atoms with van der Waals surface area (Å²) in [5.74, 6) is 0. The molecule has 0 aromatic carbocycles. The van der Waals surface area contributed by atoms with Crippen molar-refractivity contribution in [3.8, 4) is 0 Å². The van der Waals surface area contributed by atoms with Crippen LogP contribution in [-0.4, -0.2) is 13.2 Å². The number of ether oxygens (including phenoxy) is 1. The Kier molecular flexibility index (Phi) is 4.21. The summed E-state index contributed by atoms with van der Waals surface area (Å²) in [5, 5.41) is 0. The third-order valence-corrected chi connectivity index (χ3v) is 3.21. The predicted octanol–water partition coefficient (Wildman–Crippen LogP) is 2.55. The van der Waals surface area contributed by atoms with Crippen molar-refractivity contribution in [3.63, 3.8) is 0 Å². The van der Waals surface area contributed by atoms with Gasteiger partial charge in [-0.2, -0.15) is 0 Å². The van der Waals surface area contributed by atoms with E-state index in [1.54, 1.807) is 11.3 Å². The molecule has 1 unspecified atom stereocenters. The van der Waals surface area contributed by atoms with Crippen molar-refractivity contribution >= 4 is 27.3 Å². The van der Waals surface area contributed by atoms with Crippen LogP contribution in [0.5, 0.6) is 0 Å². The van der Waals surface area contributed by atoms with Crippen molar-refractivity contribution in [2.45, 2.75) is 13.0 Å². The molecule has 0 spiro atoms. The smallest absolute Gasteiger partial charge is 0.104 e. The first kappa shape index (κ1) is 10.2. The van der Waals surface area contributed by atoms with Gasteiger partial charge in [0.1, 0.15) is 6.10 Å². The Labute approximate surface area is 84.9 Å². The van der Waals surface area contributed by atoms with Gasteiger partial charge >= 0.3 is 0 Å². The quantitative estimate of drug-likeness (QED) is 0.891. The van der Waals surface area contributed by atoms with Gasteiger partial charge in [-0.1, -0.05) is 0 Å². The summed E-state index contributed by atoms with van der Waals surface area (Å²) in [7, 11) is 0. The van der Waals surface area contributed by atoms with Crippen LogP contribution in [0, 0.1) is 0 Å². The second kappa shape index (κ2) is 4.97. The molecule has 0 aliphatic rings. The molecule has 0 aliphatic carbocycles. The summed E-state index contributed by atoms with van der Waals surface area (Å²) in [5.41, 5.74) is 5.57. The zero-order chi connectivity index (χ0) is 8.97. The van der Waals surface area contributed by atoms with Crippen LogP contribution in [0.2, 0.25) is 0 Å². The summed E-state index contributed by atoms with van der Waals surface area (Å²) in [6.07, 6.45) is 0.0614. The Morgan fingerprint density at radius 2 is 2.42 bits per heavy atom. The van der Waals surface area contributed by atoms with Crippen molar-refractivity contribution in [1.82, 2.24) is 0 Å². The van der Waals surface area contributed by atoms with Gasteiger partial charge in [0.05, 0.1) is 3.79 Å². The van der Waals surface area contributed by atoms with Crippen LogP contribution < -0.4 is 5.73 Å². The van der Waals surface area contributed by atoms with E-state index in [2.05, 4.69) is 15.9 Å². The van der Waals surface area contributed by atoms with Crippen LogP contribution in [0.25, 0.3) is 0 Å². The molecule has 1 aromatic heterocycles. The second-order valence-electron chi connectivity index (χ2n) is 2.32. The maximum atomic E-state index is 5.57. The largest absolute Gasteiger partial charge is 0.372 e. The van der Waals surface area contributed by atoms with E-state index in [0.29, 0.717) is 13.2 Å². The van der Waals surface area contributed by atoms with E-state index < -0.39 is 0 Å². The minimum atomic E-state index is 0.0614. The van der Waals surface area contributed by atoms with E-state index in [1.807, 2.05) is 19.1 Å². The first-order valence-electron chi connectivity index (χ1n) is 3.84. The molecule has 0 amide bonds. The highest BCUT2D eigenvalue weighted by Crippen LogP contribution is 2.28. The fourth-order valence-electron chi connectivity index (χ4n) is 0.969. The third kappa shape index (κ3) is 2.55. The van der Waals surface area contributed by atoms with Gasteiger partial charge in [-0.15, -0.1) is 11.3 Å². The number of nitrogens with two attached hydrogens (primary N) is 1. The van der Waals surface area contributed by atoms with E-state index in [0.717, 1.165) is 3.79 Å². The first-order valence-corrected chi connectivity index (χ1v) is 5.45. The molecule has 2 nitrogen and oxygen atoms in total. The van der Waals surface area contributed by atoms with Crippen LogP contribution >= 0.6 is 27.3 Å². The molecule has 4 heteroatoms. The van der Waals surface area contributed by atoms with Crippen molar-refractivity contribution in [3.05, 3.63) is 20.8 Å². The molecule has 0 bridgehead atoms. The number of rotatable bonds is 4. The highest BCUT2D eigenvalue weighted by atomic mass is 79.9. The molecule has 12 heavy (non-hydrogen) atoms. The standard InChI is InChI=1S/C8H12BrNOS/c1-2-11-6(5-10)7-3-4-8(9)12-7/h3-4,6H,2,5,10H2,1H3. The summed E-state index contributed by atoms with van der Waals surface area (Å²) in [4.78, 5) is 1.19. The summed E-state index contributed by atoms with van der Waals surface area (Å²) in [6.45, 7) is 3.23. The van der Waals surface area contributed by atoms with E-state index >= 15 is 0 Å². The van der Waals surface area contributed by atoms with Gasteiger partial charge in [-0.3, -0.25) is 0 Å². The molecule has 68 valence electrons. The van der Waals surface area contributed by atoms with Gasteiger partial charge < -0.3 is 10.5 Å². The molecule has 1 rings (SSSR count). The Hall–Kier alpha value is 0.1000.